The molecule has 0 spiro atoms. The van der Waals surface area contributed by atoms with E-state index in [1.807, 2.05) is 42.5 Å². The van der Waals surface area contributed by atoms with Crippen LogP contribution in [0.5, 0.6) is 17.2 Å². The summed E-state index contributed by atoms with van der Waals surface area (Å²) in [5.74, 6) is 0.0868. The Balaban J connectivity index is 1.61. The highest BCUT2D eigenvalue weighted by atomic mass is 35.5. The van der Waals surface area contributed by atoms with Crippen molar-refractivity contribution < 1.29 is 28.5 Å². The Morgan fingerprint density at radius 3 is 2.30 bits per heavy atom. The van der Waals surface area contributed by atoms with E-state index < -0.39 is 17.6 Å². The lowest BCUT2D eigenvalue weighted by Crippen LogP contribution is -2.41. The second-order valence-corrected chi connectivity index (χ2v) is 11.8. The first-order chi connectivity index (χ1) is 22.2. The number of halogens is 1. The lowest BCUT2D eigenvalue weighted by molar-refractivity contribution is -0.139. The Hall–Kier alpha value is -4.87. The molecule has 0 bridgehead atoms. The summed E-state index contributed by atoms with van der Waals surface area (Å²) in [4.78, 5) is 48.8. The normalized spacial score (nSPS) is 16.5. The summed E-state index contributed by atoms with van der Waals surface area (Å²) in [7, 11) is 4.46. The molecule has 0 saturated heterocycles. The lowest BCUT2D eigenvalue weighted by Gasteiger charge is -2.26. The molecule has 0 fully saturated rings. The maximum atomic E-state index is 14.6. The topological polar surface area (TPSA) is 109 Å². The second-order valence-electron chi connectivity index (χ2n) is 10.5. The Morgan fingerprint density at radius 1 is 0.978 bits per heavy atom. The third-order valence-electron chi connectivity index (χ3n) is 7.93. The number of carbonyl (C=O) groups excluding carboxylic acids is 2. The molecule has 6 rings (SSSR count). The molecule has 1 aromatic heterocycles. The maximum Gasteiger partial charge on any atom is 0.338 e. The van der Waals surface area contributed by atoms with Gasteiger partial charge in [0.2, 0.25) is 5.75 Å². The number of ether oxygens (including phenoxy) is 4. The third-order valence-corrected chi connectivity index (χ3v) is 9.35. The predicted octanol–water partition coefficient (Wildman–Crippen LogP) is 4.39. The van der Waals surface area contributed by atoms with Crippen LogP contribution in [0.4, 0.5) is 5.69 Å². The van der Waals surface area contributed by atoms with Crippen molar-refractivity contribution in [3.63, 3.8) is 0 Å². The third kappa shape index (κ3) is 5.05. The number of hydrogen-bond donors (Lipinski definition) is 0. The van der Waals surface area contributed by atoms with Gasteiger partial charge in [-0.3, -0.25) is 14.2 Å². The summed E-state index contributed by atoms with van der Waals surface area (Å²) in [5.41, 5.74) is 2.90. The van der Waals surface area contributed by atoms with Gasteiger partial charge in [-0.15, -0.1) is 0 Å². The molecule has 0 saturated carbocycles. The molecular formula is C34H30ClN3O7S. The molecule has 0 radical (unpaired) electrons. The Kier molecular flexibility index (Phi) is 8.45. The molecule has 2 aliphatic rings. The first-order valence-corrected chi connectivity index (χ1v) is 15.6. The van der Waals surface area contributed by atoms with Crippen molar-refractivity contribution in [2.45, 2.75) is 26.4 Å². The van der Waals surface area contributed by atoms with Crippen molar-refractivity contribution in [3.8, 4) is 17.2 Å². The minimum atomic E-state index is -0.968. The molecule has 10 nitrogen and oxygen atoms in total. The average molecular weight is 660 g/mol. The van der Waals surface area contributed by atoms with Gasteiger partial charge in [0.1, 0.15) is 4.53 Å². The number of benzene rings is 3. The molecule has 3 heterocycles. The van der Waals surface area contributed by atoms with Crippen LogP contribution in [-0.4, -0.2) is 44.4 Å². The number of methoxy groups -OCH3 is 3. The van der Waals surface area contributed by atoms with Gasteiger partial charge in [0.15, 0.2) is 16.3 Å². The van der Waals surface area contributed by atoms with Crippen molar-refractivity contribution in [1.29, 1.82) is 0 Å². The van der Waals surface area contributed by atoms with Gasteiger partial charge in [0.25, 0.3) is 11.5 Å². The largest absolute Gasteiger partial charge is 0.493 e. The van der Waals surface area contributed by atoms with E-state index in [0.29, 0.717) is 49.6 Å². The Labute approximate surface area is 273 Å². The van der Waals surface area contributed by atoms with E-state index in [0.717, 1.165) is 16.9 Å². The lowest BCUT2D eigenvalue weighted by atomic mass is 9.95. The van der Waals surface area contributed by atoms with E-state index in [-0.39, 0.29) is 34.7 Å². The van der Waals surface area contributed by atoms with E-state index in [9.17, 15) is 14.4 Å². The quantitative estimate of drug-likeness (QED) is 0.258. The molecule has 12 heteroatoms. The van der Waals surface area contributed by atoms with Crippen LogP contribution >= 0.6 is 22.9 Å². The van der Waals surface area contributed by atoms with Crippen LogP contribution in [0.1, 0.15) is 36.6 Å². The van der Waals surface area contributed by atoms with Gasteiger partial charge < -0.3 is 23.8 Å². The van der Waals surface area contributed by atoms with Crippen LogP contribution < -0.4 is 34.0 Å². The second kappa shape index (κ2) is 12.5. The average Bonchev–Trinajstić information content (AvgIpc) is 3.52. The number of fused-ring (bicyclic) bond motifs is 2. The molecule has 46 heavy (non-hydrogen) atoms. The summed E-state index contributed by atoms with van der Waals surface area (Å²) in [6.45, 7) is 3.74. The van der Waals surface area contributed by atoms with Crippen molar-refractivity contribution in [2.75, 3.05) is 32.8 Å². The van der Waals surface area contributed by atoms with Crippen LogP contribution in [-0.2, 0) is 20.9 Å². The molecule has 1 amide bonds. The molecule has 0 N–H and O–H groups in total. The molecule has 2 aliphatic heterocycles. The number of nitrogens with zero attached hydrogens (tertiary/aromatic N) is 3. The molecule has 1 unspecified atom stereocenters. The van der Waals surface area contributed by atoms with E-state index >= 15 is 0 Å². The summed E-state index contributed by atoms with van der Waals surface area (Å²) < 4.78 is 23.8. The summed E-state index contributed by atoms with van der Waals surface area (Å²) in [6, 6.07) is 17.1. The summed E-state index contributed by atoms with van der Waals surface area (Å²) in [6.07, 6.45) is 0. The fourth-order valence-corrected chi connectivity index (χ4v) is 7.20. The van der Waals surface area contributed by atoms with Crippen molar-refractivity contribution in [3.05, 3.63) is 113 Å². The standard InChI is InChI=1S/C34H30ClN3O7S/c1-6-45-33(41)26-18(2)36-34-38(28(26)20-15-24(42-3)29(44-5)25(16-20)43-4)32(40)30(46-34)27-21-12-8-10-14-23(21)37(31(27)39)17-19-11-7-9-13-22(19)35/h7-16,28H,6,17H2,1-5H3/b30-27+. The highest BCUT2D eigenvalue weighted by molar-refractivity contribution is 7.07. The Morgan fingerprint density at radius 2 is 1.65 bits per heavy atom. The van der Waals surface area contributed by atoms with E-state index in [1.54, 1.807) is 36.9 Å². The van der Waals surface area contributed by atoms with E-state index in [2.05, 4.69) is 4.99 Å². The number of hydrogen-bond acceptors (Lipinski definition) is 9. The number of thiazole rings is 1. The van der Waals surface area contributed by atoms with Gasteiger partial charge in [-0.25, -0.2) is 9.79 Å². The number of amides is 1. The molecule has 0 aliphatic carbocycles. The number of anilines is 1. The molecule has 1 atom stereocenters. The molecule has 236 valence electrons. The van der Waals surface area contributed by atoms with Gasteiger partial charge in [-0.2, -0.15) is 0 Å². The summed E-state index contributed by atoms with van der Waals surface area (Å²) in [5, 5.41) is 0.535. The van der Waals surface area contributed by atoms with Gasteiger partial charge in [-0.1, -0.05) is 59.3 Å². The smallest absolute Gasteiger partial charge is 0.338 e. The zero-order valence-corrected chi connectivity index (χ0v) is 27.3. The first kappa shape index (κ1) is 31.1. The summed E-state index contributed by atoms with van der Waals surface area (Å²) >= 11 is 7.55. The van der Waals surface area contributed by atoms with Gasteiger partial charge in [0.05, 0.1) is 63.1 Å². The van der Waals surface area contributed by atoms with Crippen LogP contribution in [0, 0.1) is 0 Å². The zero-order valence-electron chi connectivity index (χ0n) is 25.8. The van der Waals surface area contributed by atoms with Gasteiger partial charge in [0, 0.05) is 10.6 Å². The number of para-hydroxylation sites is 1. The SMILES string of the molecule is CCOC(=O)C1=C(C)N=c2s/c(=C3/C(=O)N(Cc4ccccc4Cl)c4ccccc43)c(=O)n2C1c1cc(OC)c(OC)c(OC)c1. The highest BCUT2D eigenvalue weighted by Crippen LogP contribution is 2.43. The number of rotatable bonds is 8. The van der Waals surface area contributed by atoms with Crippen molar-refractivity contribution >= 4 is 46.1 Å². The van der Waals surface area contributed by atoms with Crippen LogP contribution in [0.25, 0.3) is 5.57 Å². The molecular weight excluding hydrogens is 630 g/mol. The molecule has 4 aromatic rings. The number of carbonyl (C=O) groups is 2. The van der Waals surface area contributed by atoms with E-state index in [1.165, 1.54) is 25.9 Å². The fraction of sp³-hybridized carbons (Fsp3) is 0.235. The minimum absolute atomic E-state index is 0.124. The number of esters is 1. The predicted molar refractivity (Wildman–Crippen MR) is 175 cm³/mol. The zero-order chi connectivity index (χ0) is 32.7. The van der Waals surface area contributed by atoms with Gasteiger partial charge >= 0.3 is 5.97 Å². The number of allylic oxidation sites excluding steroid dienone is 1. The van der Waals surface area contributed by atoms with Crippen LogP contribution in [0.3, 0.4) is 0 Å². The first-order valence-electron chi connectivity index (χ1n) is 14.4. The maximum absolute atomic E-state index is 14.6. The monoisotopic (exact) mass is 659 g/mol. The van der Waals surface area contributed by atoms with E-state index in [4.69, 9.17) is 30.5 Å². The Bertz CT molecular complexity index is 2090. The van der Waals surface area contributed by atoms with Crippen LogP contribution in [0.2, 0.25) is 5.02 Å². The molecule has 3 aromatic carbocycles. The van der Waals surface area contributed by atoms with Crippen molar-refractivity contribution in [1.82, 2.24) is 4.57 Å². The number of aromatic nitrogens is 1. The van der Waals surface area contributed by atoms with Crippen molar-refractivity contribution in [2.24, 2.45) is 4.99 Å². The fourth-order valence-electron chi connectivity index (χ4n) is 5.87. The minimum Gasteiger partial charge on any atom is -0.493 e. The van der Waals surface area contributed by atoms with Gasteiger partial charge in [-0.05, 0) is 49.2 Å². The highest BCUT2D eigenvalue weighted by Gasteiger charge is 2.38. The van der Waals surface area contributed by atoms with Crippen LogP contribution in [0.15, 0.2) is 81.7 Å².